The van der Waals surface area contributed by atoms with Gasteiger partial charge in [0, 0.05) is 59.2 Å². The van der Waals surface area contributed by atoms with Crippen molar-refractivity contribution < 1.29 is 28.7 Å². The van der Waals surface area contributed by atoms with Gasteiger partial charge >= 0.3 is 0 Å². The number of ether oxygens (including phenoxy) is 2. The number of carbonyl (C=O) groups is 4. The molecule has 46 heavy (non-hydrogen) atoms. The summed E-state index contributed by atoms with van der Waals surface area (Å²) in [5.41, 5.74) is 3.53. The molecule has 0 saturated heterocycles. The van der Waals surface area contributed by atoms with Crippen LogP contribution in [0.4, 0.5) is 0 Å². The van der Waals surface area contributed by atoms with E-state index >= 15 is 0 Å². The molecule has 4 aromatic rings. The van der Waals surface area contributed by atoms with Crippen molar-refractivity contribution >= 4 is 34.4 Å². The molecule has 2 aliphatic heterocycles. The van der Waals surface area contributed by atoms with E-state index in [2.05, 4.69) is 10.6 Å². The summed E-state index contributed by atoms with van der Waals surface area (Å²) in [6, 6.07) is 22.0. The average molecular weight is 621 g/mol. The lowest BCUT2D eigenvalue weighted by Gasteiger charge is -2.32. The van der Waals surface area contributed by atoms with Crippen LogP contribution in [0.3, 0.4) is 0 Å². The fourth-order valence-electron chi connectivity index (χ4n) is 6.06. The van der Waals surface area contributed by atoms with E-state index in [9.17, 15) is 19.2 Å². The van der Waals surface area contributed by atoms with Crippen molar-refractivity contribution in [1.29, 1.82) is 0 Å². The summed E-state index contributed by atoms with van der Waals surface area (Å²) in [5.74, 6) is -0.0727. The quantitative estimate of drug-likeness (QED) is 0.157. The predicted octanol–water partition coefficient (Wildman–Crippen LogP) is 4.41. The van der Waals surface area contributed by atoms with Crippen LogP contribution in [0.25, 0.3) is 10.8 Å². The number of hydrogen-bond donors (Lipinski definition) is 2. The highest BCUT2D eigenvalue weighted by molar-refractivity contribution is 6.33. The first-order valence-electron chi connectivity index (χ1n) is 15.4. The lowest BCUT2D eigenvalue weighted by atomic mass is 9.86. The van der Waals surface area contributed by atoms with Crippen molar-refractivity contribution in [2.24, 2.45) is 0 Å². The zero-order chi connectivity index (χ0) is 32.2. The van der Waals surface area contributed by atoms with Gasteiger partial charge in [0.05, 0.1) is 14.2 Å². The van der Waals surface area contributed by atoms with Gasteiger partial charge < -0.3 is 20.1 Å². The first kappa shape index (κ1) is 30.9. The molecule has 236 valence electrons. The van der Waals surface area contributed by atoms with Crippen LogP contribution in [0.2, 0.25) is 0 Å². The zero-order valence-corrected chi connectivity index (χ0v) is 25.9. The van der Waals surface area contributed by atoms with Crippen LogP contribution < -0.4 is 20.1 Å². The standard InChI is InChI=1S/C36H36N4O6/c1-45-25-9-5-23(6-10-25)21-37-17-3-19-39-33(41)27-13-15-29-32-30(16-14-28(31(27)32)34(39)42)36(44)40(35(29)43)20-4-18-38-22-24-7-11-26(46-2)12-8-24/h5-16,37-38H,3-4,17-22H2,1-2H3. The van der Waals surface area contributed by atoms with E-state index in [1.807, 2.05) is 48.5 Å². The molecule has 2 N–H and O–H groups in total. The summed E-state index contributed by atoms with van der Waals surface area (Å²) >= 11 is 0. The number of nitrogens with one attached hydrogen (secondary N) is 2. The maximum atomic E-state index is 13.5. The molecule has 0 aliphatic carbocycles. The number of carbonyl (C=O) groups excluding carboxylic acids is 4. The van der Waals surface area contributed by atoms with Crippen LogP contribution in [0.15, 0.2) is 72.8 Å². The van der Waals surface area contributed by atoms with Gasteiger partial charge in [-0.1, -0.05) is 24.3 Å². The maximum Gasteiger partial charge on any atom is 0.261 e. The Bertz CT molecular complexity index is 1600. The highest BCUT2D eigenvalue weighted by atomic mass is 16.5. The van der Waals surface area contributed by atoms with Crippen molar-refractivity contribution in [1.82, 2.24) is 20.4 Å². The Morgan fingerprint density at radius 3 is 1.13 bits per heavy atom. The van der Waals surface area contributed by atoms with E-state index in [-0.39, 0.29) is 13.1 Å². The van der Waals surface area contributed by atoms with Gasteiger partial charge in [-0.3, -0.25) is 29.0 Å². The Hall–Kier alpha value is -5.06. The summed E-state index contributed by atoms with van der Waals surface area (Å²) in [6.45, 7) is 3.02. The predicted molar refractivity (Wildman–Crippen MR) is 173 cm³/mol. The highest BCUT2D eigenvalue weighted by Gasteiger charge is 2.39. The summed E-state index contributed by atoms with van der Waals surface area (Å²) in [7, 11) is 3.25. The number of rotatable bonds is 14. The van der Waals surface area contributed by atoms with E-state index < -0.39 is 23.6 Å². The maximum absolute atomic E-state index is 13.5. The van der Waals surface area contributed by atoms with Gasteiger partial charge in [-0.25, -0.2) is 0 Å². The minimum absolute atomic E-state index is 0.246. The van der Waals surface area contributed by atoms with E-state index in [1.165, 1.54) is 9.80 Å². The van der Waals surface area contributed by atoms with Gasteiger partial charge in [-0.2, -0.15) is 0 Å². The molecule has 10 heteroatoms. The lowest BCUT2D eigenvalue weighted by Crippen LogP contribution is -2.44. The van der Waals surface area contributed by atoms with Gasteiger partial charge in [0.2, 0.25) is 0 Å². The molecule has 0 aromatic heterocycles. The van der Waals surface area contributed by atoms with Crippen LogP contribution in [-0.4, -0.2) is 73.8 Å². The second-order valence-corrected chi connectivity index (χ2v) is 11.4. The van der Waals surface area contributed by atoms with Crippen LogP contribution in [0.5, 0.6) is 11.5 Å². The highest BCUT2D eigenvalue weighted by Crippen LogP contribution is 2.37. The molecule has 10 nitrogen and oxygen atoms in total. The molecule has 2 heterocycles. The second-order valence-electron chi connectivity index (χ2n) is 11.4. The molecule has 0 bridgehead atoms. The first-order valence-corrected chi connectivity index (χ1v) is 15.4. The SMILES string of the molecule is COc1ccc(CNCCCN2C(=O)c3ccc4c5c(ccc(c35)C2=O)C(=O)N(CCCNCc2ccc(OC)cc2)C4=O)cc1. The van der Waals surface area contributed by atoms with E-state index in [1.54, 1.807) is 38.5 Å². The van der Waals surface area contributed by atoms with Crippen molar-refractivity contribution in [2.45, 2.75) is 25.9 Å². The van der Waals surface area contributed by atoms with Gasteiger partial charge in [-0.05, 0) is 85.6 Å². The van der Waals surface area contributed by atoms with Gasteiger partial charge in [-0.15, -0.1) is 0 Å². The minimum atomic E-state index is -0.415. The lowest BCUT2D eigenvalue weighted by molar-refractivity contribution is 0.0587. The molecule has 0 saturated carbocycles. The number of methoxy groups -OCH3 is 2. The number of amides is 4. The van der Waals surface area contributed by atoms with Crippen molar-refractivity contribution in [3.63, 3.8) is 0 Å². The molecule has 4 aromatic carbocycles. The topological polar surface area (TPSA) is 117 Å². The van der Waals surface area contributed by atoms with Gasteiger partial charge in [0.1, 0.15) is 11.5 Å². The number of imide groups is 2. The third-order valence-corrected chi connectivity index (χ3v) is 8.51. The number of nitrogens with zero attached hydrogens (tertiary/aromatic N) is 2. The van der Waals surface area contributed by atoms with Crippen LogP contribution in [-0.2, 0) is 13.1 Å². The number of hydrogen-bond acceptors (Lipinski definition) is 8. The van der Waals surface area contributed by atoms with Crippen molar-refractivity contribution in [2.75, 3.05) is 40.4 Å². The summed E-state index contributed by atoms with van der Waals surface area (Å²) < 4.78 is 10.4. The Labute approximate surface area is 267 Å². The molecule has 6 rings (SSSR count). The third-order valence-electron chi connectivity index (χ3n) is 8.51. The van der Waals surface area contributed by atoms with Crippen LogP contribution in [0.1, 0.15) is 65.4 Å². The van der Waals surface area contributed by atoms with Crippen molar-refractivity contribution in [3.05, 3.63) is 106 Å². The Balaban J connectivity index is 1.08. The normalized spacial score (nSPS) is 14.0. The molecular formula is C36H36N4O6. The molecular weight excluding hydrogens is 584 g/mol. The second kappa shape index (κ2) is 13.5. The van der Waals surface area contributed by atoms with Gasteiger partial charge in [0.25, 0.3) is 23.6 Å². The Morgan fingerprint density at radius 2 is 0.826 bits per heavy atom. The van der Waals surface area contributed by atoms with Gasteiger partial charge in [0.15, 0.2) is 0 Å². The molecule has 2 aliphatic rings. The van der Waals surface area contributed by atoms with Crippen LogP contribution >= 0.6 is 0 Å². The summed E-state index contributed by atoms with van der Waals surface area (Å²) in [5, 5.41) is 7.47. The monoisotopic (exact) mass is 620 g/mol. The van der Waals surface area contributed by atoms with Crippen molar-refractivity contribution in [3.8, 4) is 11.5 Å². The molecule has 0 spiro atoms. The van der Waals surface area contributed by atoms with Crippen LogP contribution in [0, 0.1) is 0 Å². The van der Waals surface area contributed by atoms with E-state index in [0.717, 1.165) is 22.6 Å². The largest absolute Gasteiger partial charge is 0.497 e. The molecule has 0 atom stereocenters. The van der Waals surface area contributed by atoms with E-state index in [4.69, 9.17) is 9.47 Å². The first-order chi connectivity index (χ1) is 22.4. The Kier molecular flexibility index (Phi) is 9.09. The minimum Gasteiger partial charge on any atom is -0.497 e. The summed E-state index contributed by atoms with van der Waals surface area (Å²) in [6.07, 6.45) is 1.15. The molecule has 0 radical (unpaired) electrons. The molecule has 0 unspecified atom stereocenters. The Morgan fingerprint density at radius 1 is 0.500 bits per heavy atom. The fourth-order valence-corrected chi connectivity index (χ4v) is 6.06. The zero-order valence-electron chi connectivity index (χ0n) is 25.9. The van der Waals surface area contributed by atoms with E-state index in [0.29, 0.717) is 72.0 Å². The fraction of sp³-hybridized carbons (Fsp3) is 0.278. The summed E-state index contributed by atoms with van der Waals surface area (Å²) in [4.78, 5) is 56.6. The molecule has 4 amide bonds. The smallest absolute Gasteiger partial charge is 0.261 e. The molecule has 0 fully saturated rings. The number of benzene rings is 4. The average Bonchev–Trinajstić information content (AvgIpc) is 3.09. The third kappa shape index (κ3) is 5.96.